The number of hydrogen-bond acceptors (Lipinski definition) is 0. The second-order valence-corrected chi connectivity index (χ2v) is 5.73. The average molecular weight is 198 g/mol. The molecule has 1 aliphatic carbocycles. The molecule has 0 fully saturated rings. The summed E-state index contributed by atoms with van der Waals surface area (Å²) in [4.78, 5) is 0. The minimum absolute atomic E-state index is 0.350. The Balaban J connectivity index is 2.48. The third-order valence-corrected chi connectivity index (χ3v) is 3.59. The molecule has 0 aliphatic heterocycles. The third kappa shape index (κ3) is 1.97. The molecule has 78 valence electrons. The smallest absolute Gasteiger partial charge is 0.0933 e. The Morgan fingerprint density at radius 1 is 1.27 bits per heavy atom. The van der Waals surface area contributed by atoms with Gasteiger partial charge in [-0.1, -0.05) is 50.0 Å². The van der Waals surface area contributed by atoms with Crippen LogP contribution in [0.25, 0.3) is 0 Å². The molecule has 0 saturated heterocycles. The predicted molar refractivity (Wildman–Crippen MR) is 67.0 cm³/mol. The van der Waals surface area contributed by atoms with E-state index in [0.29, 0.717) is 11.3 Å². The Morgan fingerprint density at radius 3 is 2.67 bits per heavy atom. The normalized spacial score (nSPS) is 21.1. The van der Waals surface area contributed by atoms with E-state index in [-0.39, 0.29) is 0 Å². The summed E-state index contributed by atoms with van der Waals surface area (Å²) in [5.41, 5.74) is 4.24. The van der Waals surface area contributed by atoms with E-state index in [4.69, 9.17) is 7.85 Å². The van der Waals surface area contributed by atoms with Crippen molar-refractivity contribution in [3.63, 3.8) is 0 Å². The highest BCUT2D eigenvalue weighted by atomic mass is 14.3. The summed E-state index contributed by atoms with van der Waals surface area (Å²) in [5, 5.41) is 0. The van der Waals surface area contributed by atoms with Crippen LogP contribution in [0.2, 0.25) is 0 Å². The van der Waals surface area contributed by atoms with E-state index in [1.807, 2.05) is 6.07 Å². The Bertz CT molecular complexity index is 360. The standard InChI is InChI=1S/C14H19B/c1-14(2,3)12-8-4-7-11-10(12)6-5-9-13(11)15/h5-6,9,12H,4,7-8H2,1-3H3. The molecule has 0 bridgehead atoms. The number of fused-ring (bicyclic) bond motifs is 1. The van der Waals surface area contributed by atoms with Gasteiger partial charge in [-0.05, 0) is 36.2 Å². The van der Waals surface area contributed by atoms with Gasteiger partial charge in [-0.2, -0.15) is 0 Å². The molecule has 0 amide bonds. The quantitative estimate of drug-likeness (QED) is 0.562. The summed E-state index contributed by atoms with van der Waals surface area (Å²) in [7, 11) is 6.05. The number of hydrogen-bond donors (Lipinski definition) is 0. The van der Waals surface area contributed by atoms with Crippen LogP contribution in [0.3, 0.4) is 0 Å². The molecule has 0 spiro atoms. The van der Waals surface area contributed by atoms with E-state index in [9.17, 15) is 0 Å². The molecule has 1 atom stereocenters. The van der Waals surface area contributed by atoms with E-state index < -0.39 is 0 Å². The van der Waals surface area contributed by atoms with Crippen LogP contribution < -0.4 is 5.46 Å². The highest BCUT2D eigenvalue weighted by Crippen LogP contribution is 2.42. The fourth-order valence-corrected chi connectivity index (χ4v) is 2.78. The summed E-state index contributed by atoms with van der Waals surface area (Å²) >= 11 is 0. The second kappa shape index (κ2) is 3.70. The summed E-state index contributed by atoms with van der Waals surface area (Å²) in [6.45, 7) is 6.99. The van der Waals surface area contributed by atoms with Gasteiger partial charge in [0.2, 0.25) is 0 Å². The largest absolute Gasteiger partial charge is 0.114 e. The first-order valence-corrected chi connectivity index (χ1v) is 5.87. The van der Waals surface area contributed by atoms with Gasteiger partial charge in [0, 0.05) is 0 Å². The van der Waals surface area contributed by atoms with Crippen molar-refractivity contribution in [3.05, 3.63) is 29.3 Å². The Kier molecular flexibility index (Phi) is 2.66. The van der Waals surface area contributed by atoms with Gasteiger partial charge in [0.15, 0.2) is 0 Å². The van der Waals surface area contributed by atoms with Gasteiger partial charge >= 0.3 is 0 Å². The van der Waals surface area contributed by atoms with Crippen molar-refractivity contribution in [1.29, 1.82) is 0 Å². The van der Waals surface area contributed by atoms with Crippen LogP contribution in [0.4, 0.5) is 0 Å². The van der Waals surface area contributed by atoms with Crippen molar-refractivity contribution in [1.82, 2.24) is 0 Å². The van der Waals surface area contributed by atoms with Gasteiger partial charge < -0.3 is 0 Å². The highest BCUT2D eigenvalue weighted by molar-refractivity contribution is 6.33. The zero-order valence-electron chi connectivity index (χ0n) is 10.0. The van der Waals surface area contributed by atoms with Gasteiger partial charge in [0.25, 0.3) is 0 Å². The van der Waals surface area contributed by atoms with Crippen LogP contribution in [0, 0.1) is 5.41 Å². The van der Waals surface area contributed by atoms with Crippen molar-refractivity contribution in [2.75, 3.05) is 0 Å². The topological polar surface area (TPSA) is 0 Å². The Morgan fingerprint density at radius 2 is 2.00 bits per heavy atom. The SMILES string of the molecule is [B]c1cccc2c1CCCC2C(C)(C)C. The molecule has 1 aromatic rings. The van der Waals surface area contributed by atoms with Gasteiger partial charge in [0.1, 0.15) is 7.85 Å². The molecule has 1 aliphatic rings. The highest BCUT2D eigenvalue weighted by Gasteiger charge is 2.30. The Labute approximate surface area is 94.5 Å². The van der Waals surface area contributed by atoms with Crippen LogP contribution in [0.5, 0.6) is 0 Å². The fraction of sp³-hybridized carbons (Fsp3) is 0.571. The first-order valence-electron chi connectivity index (χ1n) is 5.87. The lowest BCUT2D eigenvalue weighted by molar-refractivity contribution is 0.290. The van der Waals surface area contributed by atoms with E-state index >= 15 is 0 Å². The molecular formula is C14H19B. The molecule has 0 N–H and O–H groups in total. The van der Waals surface area contributed by atoms with Gasteiger partial charge in [0.05, 0.1) is 0 Å². The first-order chi connectivity index (χ1) is 7.00. The molecule has 0 saturated carbocycles. The predicted octanol–water partition coefficient (Wildman–Crippen LogP) is 2.95. The molecule has 0 aromatic heterocycles. The summed E-state index contributed by atoms with van der Waals surface area (Å²) < 4.78 is 0. The van der Waals surface area contributed by atoms with Crippen molar-refractivity contribution < 1.29 is 0 Å². The molecule has 15 heavy (non-hydrogen) atoms. The molecule has 0 nitrogen and oxygen atoms in total. The molecule has 1 unspecified atom stereocenters. The van der Waals surface area contributed by atoms with E-state index in [0.717, 1.165) is 11.9 Å². The maximum atomic E-state index is 6.05. The lowest BCUT2D eigenvalue weighted by atomic mass is 9.67. The number of benzene rings is 1. The van der Waals surface area contributed by atoms with E-state index in [2.05, 4.69) is 32.9 Å². The molecular weight excluding hydrogens is 179 g/mol. The van der Waals surface area contributed by atoms with Crippen molar-refractivity contribution in [2.24, 2.45) is 5.41 Å². The monoisotopic (exact) mass is 198 g/mol. The van der Waals surface area contributed by atoms with E-state index in [1.54, 1.807) is 0 Å². The molecule has 2 rings (SSSR count). The first kappa shape index (κ1) is 10.8. The van der Waals surface area contributed by atoms with Gasteiger partial charge in [-0.3, -0.25) is 0 Å². The van der Waals surface area contributed by atoms with Crippen LogP contribution in [0.1, 0.15) is 50.7 Å². The average Bonchev–Trinajstić information content (AvgIpc) is 2.16. The zero-order valence-corrected chi connectivity index (χ0v) is 10.0. The maximum Gasteiger partial charge on any atom is 0.114 e. The van der Waals surface area contributed by atoms with Crippen molar-refractivity contribution in [2.45, 2.75) is 46.0 Å². The van der Waals surface area contributed by atoms with Crippen molar-refractivity contribution in [3.8, 4) is 0 Å². The lowest BCUT2D eigenvalue weighted by Gasteiger charge is -2.36. The molecule has 1 heteroatoms. The second-order valence-electron chi connectivity index (χ2n) is 5.73. The summed E-state index contributed by atoms with van der Waals surface area (Å²) in [6.07, 6.45) is 3.75. The van der Waals surface area contributed by atoms with Gasteiger partial charge in [-0.25, -0.2) is 0 Å². The molecule has 1 aromatic carbocycles. The minimum Gasteiger partial charge on any atom is -0.0933 e. The molecule has 2 radical (unpaired) electrons. The Hall–Kier alpha value is -0.715. The third-order valence-electron chi connectivity index (χ3n) is 3.59. The zero-order chi connectivity index (χ0) is 11.1. The number of rotatable bonds is 0. The van der Waals surface area contributed by atoms with Crippen LogP contribution in [-0.2, 0) is 6.42 Å². The molecule has 0 heterocycles. The van der Waals surface area contributed by atoms with E-state index in [1.165, 1.54) is 24.0 Å². The van der Waals surface area contributed by atoms with Gasteiger partial charge in [-0.15, -0.1) is 0 Å². The maximum absolute atomic E-state index is 6.05. The lowest BCUT2D eigenvalue weighted by Crippen LogP contribution is -2.26. The minimum atomic E-state index is 0.350. The van der Waals surface area contributed by atoms with Crippen LogP contribution in [0.15, 0.2) is 18.2 Å². The van der Waals surface area contributed by atoms with Crippen LogP contribution in [-0.4, -0.2) is 7.85 Å². The summed E-state index contributed by atoms with van der Waals surface area (Å²) in [6, 6.07) is 6.39. The fourth-order valence-electron chi connectivity index (χ4n) is 2.78. The van der Waals surface area contributed by atoms with Crippen molar-refractivity contribution >= 4 is 13.3 Å². The summed E-state index contributed by atoms with van der Waals surface area (Å²) in [5.74, 6) is 0.671. The van der Waals surface area contributed by atoms with Crippen LogP contribution >= 0.6 is 0 Å².